The molecule has 0 saturated heterocycles. The summed E-state index contributed by atoms with van der Waals surface area (Å²) < 4.78 is 0. The van der Waals surface area contributed by atoms with Crippen LogP contribution in [0.5, 0.6) is 0 Å². The molecular weight excluding hydrogens is 257 g/mol. The van der Waals surface area contributed by atoms with E-state index >= 15 is 0 Å². The molecule has 17 heavy (non-hydrogen) atoms. The molecular formula is C13H17Cl2NO. The number of hydrogen-bond acceptors (Lipinski definition) is 2. The molecule has 0 spiro atoms. The van der Waals surface area contributed by atoms with Crippen molar-refractivity contribution in [1.82, 2.24) is 0 Å². The van der Waals surface area contributed by atoms with Crippen LogP contribution in [0.4, 0.5) is 0 Å². The molecule has 1 saturated carbocycles. The van der Waals surface area contributed by atoms with Gasteiger partial charge in [0.15, 0.2) is 0 Å². The summed E-state index contributed by atoms with van der Waals surface area (Å²) in [6.07, 6.45) is 3.86. The van der Waals surface area contributed by atoms with E-state index in [0.717, 1.165) is 31.2 Å². The average molecular weight is 274 g/mol. The summed E-state index contributed by atoms with van der Waals surface area (Å²) in [6, 6.07) is 5.35. The van der Waals surface area contributed by atoms with Gasteiger partial charge in [0.2, 0.25) is 0 Å². The number of rotatable bonds is 2. The van der Waals surface area contributed by atoms with Crippen LogP contribution in [-0.2, 0) is 5.60 Å². The molecule has 1 aromatic carbocycles. The quantitative estimate of drug-likeness (QED) is 0.868. The second-order valence-corrected chi connectivity index (χ2v) is 5.55. The maximum Gasteiger partial charge on any atom is 0.0937 e. The second-order valence-electron chi connectivity index (χ2n) is 4.73. The number of halogens is 2. The minimum absolute atomic E-state index is 0.105. The van der Waals surface area contributed by atoms with Gasteiger partial charge in [0, 0.05) is 5.92 Å². The second kappa shape index (κ2) is 5.15. The zero-order valence-electron chi connectivity index (χ0n) is 9.63. The van der Waals surface area contributed by atoms with Crippen LogP contribution in [0.2, 0.25) is 10.0 Å². The van der Waals surface area contributed by atoms with E-state index in [2.05, 4.69) is 0 Å². The summed E-state index contributed by atoms with van der Waals surface area (Å²) in [7, 11) is 0. The van der Waals surface area contributed by atoms with E-state index in [9.17, 15) is 5.11 Å². The van der Waals surface area contributed by atoms with Crippen molar-refractivity contribution in [2.45, 2.75) is 31.3 Å². The minimum Gasteiger partial charge on any atom is -0.385 e. The van der Waals surface area contributed by atoms with Crippen LogP contribution < -0.4 is 5.73 Å². The summed E-state index contributed by atoms with van der Waals surface area (Å²) in [4.78, 5) is 0. The molecule has 2 nitrogen and oxygen atoms in total. The largest absolute Gasteiger partial charge is 0.385 e. The Morgan fingerprint density at radius 1 is 1.29 bits per heavy atom. The summed E-state index contributed by atoms with van der Waals surface area (Å²) in [6.45, 7) is 0.497. The van der Waals surface area contributed by atoms with Gasteiger partial charge in [-0.1, -0.05) is 42.1 Å². The van der Waals surface area contributed by atoms with Crippen LogP contribution in [-0.4, -0.2) is 11.7 Å². The van der Waals surface area contributed by atoms with Crippen LogP contribution in [0.3, 0.4) is 0 Å². The third-order valence-electron chi connectivity index (χ3n) is 3.74. The highest BCUT2D eigenvalue weighted by molar-refractivity contribution is 6.42. The van der Waals surface area contributed by atoms with Crippen molar-refractivity contribution in [3.05, 3.63) is 33.8 Å². The lowest BCUT2D eigenvalue weighted by Gasteiger charge is -2.40. The molecule has 2 atom stereocenters. The lowest BCUT2D eigenvalue weighted by atomic mass is 9.71. The van der Waals surface area contributed by atoms with Crippen molar-refractivity contribution < 1.29 is 5.11 Å². The summed E-state index contributed by atoms with van der Waals surface area (Å²) in [5.74, 6) is 0.105. The van der Waals surface area contributed by atoms with Gasteiger partial charge in [0.1, 0.15) is 0 Å². The van der Waals surface area contributed by atoms with Crippen molar-refractivity contribution in [3.8, 4) is 0 Å². The van der Waals surface area contributed by atoms with Gasteiger partial charge in [0.05, 0.1) is 15.6 Å². The van der Waals surface area contributed by atoms with Crippen molar-refractivity contribution in [2.75, 3.05) is 6.54 Å². The van der Waals surface area contributed by atoms with Gasteiger partial charge >= 0.3 is 0 Å². The van der Waals surface area contributed by atoms with Crippen LogP contribution >= 0.6 is 23.2 Å². The molecule has 2 rings (SSSR count). The Hall–Kier alpha value is -0.280. The first-order valence-corrected chi connectivity index (χ1v) is 6.71. The molecule has 0 bridgehead atoms. The first kappa shape index (κ1) is 13.2. The van der Waals surface area contributed by atoms with Gasteiger partial charge in [-0.2, -0.15) is 0 Å². The van der Waals surface area contributed by atoms with Crippen LogP contribution in [0.1, 0.15) is 31.2 Å². The highest BCUT2D eigenvalue weighted by Gasteiger charge is 2.39. The van der Waals surface area contributed by atoms with E-state index in [-0.39, 0.29) is 5.92 Å². The lowest BCUT2D eigenvalue weighted by molar-refractivity contribution is -0.0506. The van der Waals surface area contributed by atoms with Gasteiger partial charge in [-0.25, -0.2) is 0 Å². The molecule has 94 valence electrons. The fourth-order valence-electron chi connectivity index (χ4n) is 2.69. The molecule has 1 aliphatic carbocycles. The van der Waals surface area contributed by atoms with E-state index in [1.165, 1.54) is 0 Å². The van der Waals surface area contributed by atoms with Crippen molar-refractivity contribution in [1.29, 1.82) is 0 Å². The van der Waals surface area contributed by atoms with Gasteiger partial charge < -0.3 is 10.8 Å². The number of hydrogen-bond donors (Lipinski definition) is 2. The SMILES string of the molecule is NCC1CCCC[C@@]1(O)c1ccc(Cl)c(Cl)c1. The molecule has 1 aliphatic rings. The Morgan fingerprint density at radius 2 is 2.06 bits per heavy atom. The van der Waals surface area contributed by atoms with E-state index in [1.54, 1.807) is 12.1 Å². The third kappa shape index (κ3) is 2.45. The molecule has 0 amide bonds. The number of aliphatic hydroxyl groups is 1. The fraction of sp³-hybridized carbons (Fsp3) is 0.538. The summed E-state index contributed by atoms with van der Waals surface area (Å²) in [5, 5.41) is 11.8. The lowest BCUT2D eigenvalue weighted by Crippen LogP contribution is -2.41. The van der Waals surface area contributed by atoms with Crippen LogP contribution in [0, 0.1) is 5.92 Å². The van der Waals surface area contributed by atoms with Crippen LogP contribution in [0.15, 0.2) is 18.2 Å². The zero-order chi connectivity index (χ0) is 12.5. The van der Waals surface area contributed by atoms with Crippen molar-refractivity contribution >= 4 is 23.2 Å². The maximum absolute atomic E-state index is 10.8. The van der Waals surface area contributed by atoms with Gasteiger partial charge in [0.25, 0.3) is 0 Å². The molecule has 1 fully saturated rings. The molecule has 0 radical (unpaired) electrons. The summed E-state index contributed by atoms with van der Waals surface area (Å²) >= 11 is 11.9. The summed E-state index contributed by atoms with van der Waals surface area (Å²) in [5.41, 5.74) is 5.75. The van der Waals surface area contributed by atoms with Gasteiger partial charge in [-0.15, -0.1) is 0 Å². The predicted octanol–water partition coefficient (Wildman–Crippen LogP) is 3.33. The van der Waals surface area contributed by atoms with Crippen molar-refractivity contribution in [2.24, 2.45) is 11.7 Å². The van der Waals surface area contributed by atoms with E-state index in [4.69, 9.17) is 28.9 Å². The Balaban J connectivity index is 2.37. The van der Waals surface area contributed by atoms with E-state index in [0.29, 0.717) is 16.6 Å². The smallest absolute Gasteiger partial charge is 0.0937 e. The minimum atomic E-state index is -0.846. The molecule has 0 aromatic heterocycles. The molecule has 1 aromatic rings. The van der Waals surface area contributed by atoms with E-state index < -0.39 is 5.60 Å². The van der Waals surface area contributed by atoms with Crippen LogP contribution in [0.25, 0.3) is 0 Å². The number of benzene rings is 1. The monoisotopic (exact) mass is 273 g/mol. The van der Waals surface area contributed by atoms with E-state index in [1.807, 2.05) is 6.07 Å². The Labute approximate surface area is 112 Å². The average Bonchev–Trinajstić information content (AvgIpc) is 2.33. The zero-order valence-corrected chi connectivity index (χ0v) is 11.1. The highest BCUT2D eigenvalue weighted by atomic mass is 35.5. The maximum atomic E-state index is 10.8. The molecule has 3 N–H and O–H groups in total. The Bertz CT molecular complexity index is 410. The molecule has 0 aliphatic heterocycles. The molecule has 4 heteroatoms. The van der Waals surface area contributed by atoms with Gasteiger partial charge in [-0.3, -0.25) is 0 Å². The third-order valence-corrected chi connectivity index (χ3v) is 4.48. The first-order chi connectivity index (χ1) is 8.08. The standard InChI is InChI=1S/C13H17Cl2NO/c14-11-5-4-9(7-12(11)15)13(17)6-2-1-3-10(13)8-16/h4-5,7,10,17H,1-3,6,8,16H2/t10?,13-/m1/s1. The van der Waals surface area contributed by atoms with Crippen molar-refractivity contribution in [3.63, 3.8) is 0 Å². The highest BCUT2D eigenvalue weighted by Crippen LogP contribution is 2.42. The normalized spacial score (nSPS) is 29.3. The number of nitrogens with two attached hydrogens (primary N) is 1. The topological polar surface area (TPSA) is 46.2 Å². The van der Waals surface area contributed by atoms with Gasteiger partial charge in [-0.05, 0) is 37.1 Å². The Morgan fingerprint density at radius 3 is 2.71 bits per heavy atom. The first-order valence-electron chi connectivity index (χ1n) is 5.96. The fourth-order valence-corrected chi connectivity index (χ4v) is 2.98. The Kier molecular flexibility index (Phi) is 3.99. The molecule has 0 heterocycles. The predicted molar refractivity (Wildman–Crippen MR) is 71.4 cm³/mol. The molecule has 1 unspecified atom stereocenters.